The van der Waals surface area contributed by atoms with Crippen molar-refractivity contribution in [3.05, 3.63) is 88.5 Å². The highest BCUT2D eigenvalue weighted by atomic mass is 32.2. The number of rotatable bonds is 13. The number of aryl methyl sites for hydroxylation is 2. The molecule has 2 aromatic rings. The van der Waals surface area contributed by atoms with E-state index in [1.165, 1.54) is 48.8 Å². The van der Waals surface area contributed by atoms with Gasteiger partial charge in [-0.25, -0.2) is 0 Å². The number of aromatic hydroxyl groups is 1. The van der Waals surface area contributed by atoms with E-state index >= 15 is 0 Å². The van der Waals surface area contributed by atoms with Crippen molar-refractivity contribution in [2.75, 3.05) is 6.54 Å². The van der Waals surface area contributed by atoms with Crippen LogP contribution in [0.5, 0.6) is 5.75 Å². The number of unbranched alkanes of at least 4 members (excludes halogenated alkanes) is 4. The lowest BCUT2D eigenvalue weighted by Crippen LogP contribution is -2.46. The maximum Gasteiger partial charge on any atom is 0.339 e. The van der Waals surface area contributed by atoms with E-state index in [0.717, 1.165) is 68.9 Å². The fourth-order valence-corrected chi connectivity index (χ4v) is 10.4. The van der Waals surface area contributed by atoms with Gasteiger partial charge >= 0.3 is 10.3 Å². The molecule has 45 heavy (non-hydrogen) atoms. The zero-order valence-electron chi connectivity index (χ0n) is 27.4. The Kier molecular flexibility index (Phi) is 10.2. The van der Waals surface area contributed by atoms with Crippen molar-refractivity contribution in [1.29, 1.82) is 0 Å². The highest BCUT2D eigenvalue weighted by molar-refractivity contribution is 7.84. The second-order valence-corrected chi connectivity index (χ2v) is 16.1. The number of allylic oxidation sites excluding steroid dienone is 3. The van der Waals surface area contributed by atoms with Gasteiger partial charge in [0.15, 0.2) is 0 Å². The molecule has 0 aromatic heterocycles. The number of phenols is 1. The monoisotopic (exact) mass is 631 g/mol. The van der Waals surface area contributed by atoms with Gasteiger partial charge in [0, 0.05) is 13.1 Å². The molecule has 1 N–H and O–H groups in total. The molecule has 244 valence electrons. The van der Waals surface area contributed by atoms with Gasteiger partial charge in [-0.1, -0.05) is 93.7 Å². The molecule has 0 spiro atoms. The fourth-order valence-electron chi connectivity index (χ4n) is 9.06. The number of nitrogens with zero attached hydrogens (tertiary/aromatic N) is 1. The number of hydrogen-bond acceptors (Lipinski definition) is 4. The first kappa shape index (κ1) is 32.5. The van der Waals surface area contributed by atoms with Crippen LogP contribution in [0.1, 0.15) is 119 Å². The number of phenolic OH excluding ortho intramolecular Hbond substituents is 1. The van der Waals surface area contributed by atoms with E-state index in [9.17, 15) is 13.5 Å². The molecule has 6 heteroatoms. The van der Waals surface area contributed by atoms with Crippen molar-refractivity contribution in [3.8, 4) is 5.75 Å². The number of hydrogen-bond donors (Lipinski definition) is 1. The van der Waals surface area contributed by atoms with Crippen molar-refractivity contribution >= 4 is 10.3 Å². The molecule has 4 aliphatic carbocycles. The third-order valence-electron chi connectivity index (χ3n) is 11.6. The van der Waals surface area contributed by atoms with Crippen LogP contribution in [0.2, 0.25) is 0 Å². The van der Waals surface area contributed by atoms with Gasteiger partial charge in [0.2, 0.25) is 0 Å². The molecule has 2 saturated carbocycles. The first-order valence-corrected chi connectivity index (χ1v) is 19.1. The SMILES string of the molecule is CCCCCCCc1ccc(CN(CC2=CC=CCC2)S(=O)(=O)O[C@H]2CCC3C4CCc5cc(O)ccc5C4CC[C@@]32C)cc1. The topological polar surface area (TPSA) is 66.8 Å². The maximum atomic E-state index is 14.2. The summed E-state index contributed by atoms with van der Waals surface area (Å²) in [6.07, 6.45) is 21.1. The Morgan fingerprint density at radius 2 is 1.73 bits per heavy atom. The second-order valence-electron chi connectivity index (χ2n) is 14.5. The van der Waals surface area contributed by atoms with Crippen LogP contribution in [0.4, 0.5) is 0 Å². The van der Waals surface area contributed by atoms with Crippen LogP contribution in [-0.2, 0) is 33.9 Å². The summed E-state index contributed by atoms with van der Waals surface area (Å²) < 4.78 is 36.3. The van der Waals surface area contributed by atoms with E-state index in [4.69, 9.17) is 4.18 Å². The van der Waals surface area contributed by atoms with E-state index in [0.29, 0.717) is 36.6 Å². The lowest BCUT2D eigenvalue weighted by Gasteiger charge is -2.50. The third-order valence-corrected chi connectivity index (χ3v) is 13.0. The van der Waals surface area contributed by atoms with Gasteiger partial charge < -0.3 is 5.11 Å². The van der Waals surface area contributed by atoms with Gasteiger partial charge in [-0.05, 0) is 122 Å². The molecule has 5 nitrogen and oxygen atoms in total. The normalized spacial score (nSPS) is 27.6. The summed E-state index contributed by atoms with van der Waals surface area (Å²) in [5.41, 5.74) is 5.99. The minimum absolute atomic E-state index is 0.153. The first-order chi connectivity index (χ1) is 21.8. The minimum atomic E-state index is -3.97. The average molecular weight is 632 g/mol. The first-order valence-electron chi connectivity index (χ1n) is 17.7. The Morgan fingerprint density at radius 3 is 2.51 bits per heavy atom. The maximum absolute atomic E-state index is 14.2. The van der Waals surface area contributed by atoms with E-state index in [-0.39, 0.29) is 11.5 Å². The Hall–Kier alpha value is -2.41. The summed E-state index contributed by atoms with van der Waals surface area (Å²) in [5.74, 6) is 1.83. The van der Waals surface area contributed by atoms with Gasteiger partial charge in [0.05, 0.1) is 6.10 Å². The molecule has 2 fully saturated rings. The Bertz CT molecular complexity index is 1480. The molecule has 5 atom stereocenters. The van der Waals surface area contributed by atoms with Crippen molar-refractivity contribution < 1.29 is 17.7 Å². The van der Waals surface area contributed by atoms with Crippen LogP contribution < -0.4 is 0 Å². The Labute approximate surface area is 272 Å². The smallest absolute Gasteiger partial charge is 0.339 e. The molecule has 0 bridgehead atoms. The molecule has 0 aliphatic heterocycles. The highest BCUT2D eigenvalue weighted by Gasteiger charge is 2.56. The van der Waals surface area contributed by atoms with E-state index in [2.05, 4.69) is 56.3 Å². The quantitative estimate of drug-likeness (QED) is 0.224. The predicted octanol–water partition coefficient (Wildman–Crippen LogP) is 9.17. The van der Waals surface area contributed by atoms with Crippen LogP contribution in [0.15, 0.2) is 66.3 Å². The van der Waals surface area contributed by atoms with Crippen LogP contribution >= 0.6 is 0 Å². The Balaban J connectivity index is 1.15. The van der Waals surface area contributed by atoms with Crippen molar-refractivity contribution in [2.45, 2.75) is 122 Å². The standard InChI is InChI=1S/C39H53NO4S/c1-3-4-5-6-8-11-29-14-16-31(17-15-29)28-40(27-30-12-9-7-10-13-30)45(42,43)44-38-23-22-37-36-20-18-32-26-33(41)19-21-34(32)35(36)24-25-39(37,38)2/h7,9,12,14-17,19,21,26,35-38,41H,3-6,8,10-11,13,18,20,22-25,27-28H2,1-2H3/t35?,36?,37?,38-,39-/m0/s1. The summed E-state index contributed by atoms with van der Waals surface area (Å²) in [4.78, 5) is 0. The molecule has 6 rings (SSSR count). The number of benzene rings is 2. The van der Waals surface area contributed by atoms with Crippen LogP contribution in [0, 0.1) is 17.3 Å². The van der Waals surface area contributed by atoms with Crippen LogP contribution in [-0.4, -0.2) is 30.5 Å². The summed E-state index contributed by atoms with van der Waals surface area (Å²) in [6, 6.07) is 14.5. The fraction of sp³-hybridized carbons (Fsp3) is 0.590. The van der Waals surface area contributed by atoms with Gasteiger partial charge in [-0.3, -0.25) is 4.18 Å². The minimum Gasteiger partial charge on any atom is -0.508 e. The molecule has 0 saturated heterocycles. The van der Waals surface area contributed by atoms with Gasteiger partial charge in [0.25, 0.3) is 0 Å². The molecule has 0 amide bonds. The van der Waals surface area contributed by atoms with Gasteiger partial charge in [-0.2, -0.15) is 12.7 Å². The molecule has 3 unspecified atom stereocenters. The van der Waals surface area contributed by atoms with Gasteiger partial charge in [-0.15, -0.1) is 0 Å². The van der Waals surface area contributed by atoms with Crippen molar-refractivity contribution in [1.82, 2.24) is 4.31 Å². The Morgan fingerprint density at radius 1 is 0.933 bits per heavy atom. The van der Waals surface area contributed by atoms with Crippen LogP contribution in [0.3, 0.4) is 0 Å². The zero-order chi connectivity index (χ0) is 31.4. The molecule has 2 aromatic carbocycles. The lowest BCUT2D eigenvalue weighted by atomic mass is 9.55. The van der Waals surface area contributed by atoms with Gasteiger partial charge in [0.1, 0.15) is 5.75 Å². The third kappa shape index (κ3) is 7.29. The van der Waals surface area contributed by atoms with Crippen molar-refractivity contribution in [3.63, 3.8) is 0 Å². The molecular weight excluding hydrogens is 578 g/mol. The summed E-state index contributed by atoms with van der Waals surface area (Å²) >= 11 is 0. The van der Waals surface area contributed by atoms with E-state index in [1.54, 1.807) is 4.31 Å². The number of fused-ring (bicyclic) bond motifs is 5. The summed E-state index contributed by atoms with van der Waals surface area (Å²) in [6.45, 7) is 5.23. The average Bonchev–Trinajstić information content (AvgIpc) is 3.36. The second kappa shape index (κ2) is 14.1. The molecule has 0 radical (unpaired) electrons. The molecule has 0 heterocycles. The highest BCUT2D eigenvalue weighted by Crippen LogP contribution is 2.62. The molecule has 4 aliphatic rings. The molecular formula is C39H53NO4S. The summed E-state index contributed by atoms with van der Waals surface area (Å²) in [7, 11) is -3.97. The largest absolute Gasteiger partial charge is 0.508 e. The zero-order valence-corrected chi connectivity index (χ0v) is 28.2. The van der Waals surface area contributed by atoms with E-state index < -0.39 is 10.3 Å². The summed E-state index contributed by atoms with van der Waals surface area (Å²) in [5, 5.41) is 10.0. The van der Waals surface area contributed by atoms with Crippen molar-refractivity contribution in [2.24, 2.45) is 17.3 Å². The lowest BCUT2D eigenvalue weighted by molar-refractivity contribution is -0.0111. The van der Waals surface area contributed by atoms with E-state index in [1.807, 2.05) is 18.2 Å². The van der Waals surface area contributed by atoms with Crippen LogP contribution in [0.25, 0.3) is 0 Å². The predicted molar refractivity (Wildman–Crippen MR) is 182 cm³/mol.